The number of benzene rings is 2. The van der Waals surface area contributed by atoms with E-state index in [1.807, 2.05) is 6.07 Å². The van der Waals surface area contributed by atoms with Crippen LogP contribution in [-0.4, -0.2) is 32.1 Å². The van der Waals surface area contributed by atoms with E-state index in [0.717, 1.165) is 51.0 Å². The number of carbonyl (C=O) groups is 1. The van der Waals surface area contributed by atoms with E-state index in [0.29, 0.717) is 6.54 Å². The van der Waals surface area contributed by atoms with Gasteiger partial charge in [-0.2, -0.15) is 0 Å². The lowest BCUT2D eigenvalue weighted by molar-refractivity contribution is 0.0953. The first-order chi connectivity index (χ1) is 14.2. The highest BCUT2D eigenvalue weighted by Crippen LogP contribution is 2.29. The summed E-state index contributed by atoms with van der Waals surface area (Å²) < 4.78 is 0. The van der Waals surface area contributed by atoms with Crippen molar-refractivity contribution >= 4 is 11.6 Å². The Balaban J connectivity index is 1.39. The van der Waals surface area contributed by atoms with Crippen molar-refractivity contribution in [2.24, 2.45) is 0 Å². The zero-order valence-electron chi connectivity index (χ0n) is 18.0. The van der Waals surface area contributed by atoms with Crippen LogP contribution in [-0.2, 0) is 19.4 Å². The number of fused-ring (bicyclic) bond motifs is 1. The minimum absolute atomic E-state index is 0.0331. The second-order valence-corrected chi connectivity index (χ2v) is 7.89. The van der Waals surface area contributed by atoms with Gasteiger partial charge < -0.3 is 15.5 Å². The molecule has 1 amide bonds. The maximum absolute atomic E-state index is 12.5. The largest absolute Gasteiger partial charge is 0.371 e. The lowest BCUT2D eigenvalue weighted by Gasteiger charge is -2.19. The van der Waals surface area contributed by atoms with E-state index in [1.165, 1.54) is 35.2 Å². The molecule has 4 nitrogen and oxygen atoms in total. The molecule has 0 saturated heterocycles. The standard InChI is InChI=1S/C25H35N3O/c1-3-5-15-28-16-12-22-10-11-23(18-24(22)28)25(29)27-14-7-13-26-19-21-9-6-8-20(4-2)17-21/h6,8-11,17-18,26H,3-5,7,12-16,19H2,1-2H3,(H,27,29). The summed E-state index contributed by atoms with van der Waals surface area (Å²) in [4.78, 5) is 15.0. The van der Waals surface area contributed by atoms with Crippen molar-refractivity contribution < 1.29 is 4.79 Å². The maximum atomic E-state index is 12.5. The van der Waals surface area contributed by atoms with Crippen LogP contribution in [0.3, 0.4) is 0 Å². The molecule has 3 rings (SSSR count). The van der Waals surface area contributed by atoms with E-state index in [4.69, 9.17) is 0 Å². The first kappa shape index (κ1) is 21.4. The Hall–Kier alpha value is -2.33. The van der Waals surface area contributed by atoms with Crippen LogP contribution in [0.5, 0.6) is 0 Å². The highest BCUT2D eigenvalue weighted by atomic mass is 16.1. The van der Waals surface area contributed by atoms with Crippen LogP contribution in [0.15, 0.2) is 42.5 Å². The Kier molecular flexibility index (Phi) is 8.12. The van der Waals surface area contributed by atoms with Crippen molar-refractivity contribution in [3.63, 3.8) is 0 Å². The first-order valence-electron chi connectivity index (χ1n) is 11.2. The van der Waals surface area contributed by atoms with Crippen LogP contribution < -0.4 is 15.5 Å². The van der Waals surface area contributed by atoms with Gasteiger partial charge in [0.15, 0.2) is 0 Å². The molecule has 0 bridgehead atoms. The molecule has 1 aliphatic rings. The zero-order chi connectivity index (χ0) is 20.5. The van der Waals surface area contributed by atoms with E-state index in [-0.39, 0.29) is 5.91 Å². The molecule has 2 aromatic carbocycles. The van der Waals surface area contributed by atoms with Crippen molar-refractivity contribution in [3.05, 3.63) is 64.7 Å². The smallest absolute Gasteiger partial charge is 0.251 e. The van der Waals surface area contributed by atoms with Crippen molar-refractivity contribution in [3.8, 4) is 0 Å². The number of amides is 1. The summed E-state index contributed by atoms with van der Waals surface area (Å²) in [7, 11) is 0. The van der Waals surface area contributed by atoms with Gasteiger partial charge in [0.05, 0.1) is 0 Å². The molecular weight excluding hydrogens is 358 g/mol. The summed E-state index contributed by atoms with van der Waals surface area (Å²) in [6.07, 6.45) is 5.48. The first-order valence-corrected chi connectivity index (χ1v) is 11.2. The van der Waals surface area contributed by atoms with Gasteiger partial charge in [-0.1, -0.05) is 50.6 Å². The van der Waals surface area contributed by atoms with E-state index in [9.17, 15) is 4.79 Å². The number of unbranched alkanes of at least 4 members (excludes halogenated alkanes) is 1. The molecule has 0 aromatic heterocycles. The van der Waals surface area contributed by atoms with Crippen LogP contribution in [0.25, 0.3) is 0 Å². The van der Waals surface area contributed by atoms with Gasteiger partial charge in [0.25, 0.3) is 5.91 Å². The third-order valence-corrected chi connectivity index (χ3v) is 5.67. The van der Waals surface area contributed by atoms with Gasteiger partial charge in [-0.3, -0.25) is 4.79 Å². The Morgan fingerprint density at radius 2 is 1.90 bits per heavy atom. The second kappa shape index (κ2) is 11.0. The maximum Gasteiger partial charge on any atom is 0.251 e. The van der Waals surface area contributed by atoms with Crippen LogP contribution >= 0.6 is 0 Å². The molecule has 29 heavy (non-hydrogen) atoms. The van der Waals surface area contributed by atoms with Gasteiger partial charge in [-0.05, 0) is 61.1 Å². The molecule has 0 saturated carbocycles. The average Bonchev–Trinajstić information content (AvgIpc) is 3.16. The average molecular weight is 394 g/mol. The summed E-state index contributed by atoms with van der Waals surface area (Å²) >= 11 is 0. The Morgan fingerprint density at radius 1 is 1.03 bits per heavy atom. The van der Waals surface area contributed by atoms with Crippen molar-refractivity contribution in [2.45, 2.75) is 52.5 Å². The molecule has 0 unspecified atom stereocenters. The van der Waals surface area contributed by atoms with Gasteiger partial charge in [0.1, 0.15) is 0 Å². The number of hydrogen-bond acceptors (Lipinski definition) is 3. The van der Waals surface area contributed by atoms with Gasteiger partial charge in [0, 0.05) is 37.4 Å². The summed E-state index contributed by atoms with van der Waals surface area (Å²) in [6.45, 7) is 9.02. The number of anilines is 1. The third kappa shape index (κ3) is 6.07. The zero-order valence-corrected chi connectivity index (χ0v) is 18.0. The molecule has 4 heteroatoms. The molecule has 0 radical (unpaired) electrons. The van der Waals surface area contributed by atoms with Crippen LogP contribution in [0, 0.1) is 0 Å². The Labute approximate surface area is 175 Å². The fraction of sp³-hybridized carbons (Fsp3) is 0.480. The van der Waals surface area contributed by atoms with Gasteiger partial charge in [-0.15, -0.1) is 0 Å². The van der Waals surface area contributed by atoms with Crippen molar-refractivity contribution in [2.75, 3.05) is 31.1 Å². The molecule has 0 atom stereocenters. The number of hydrogen-bond donors (Lipinski definition) is 2. The number of aryl methyl sites for hydroxylation is 1. The number of nitrogens with zero attached hydrogens (tertiary/aromatic N) is 1. The Bertz CT molecular complexity index is 802. The van der Waals surface area contributed by atoms with Gasteiger partial charge >= 0.3 is 0 Å². The van der Waals surface area contributed by atoms with Crippen LogP contribution in [0.4, 0.5) is 5.69 Å². The van der Waals surface area contributed by atoms with E-state index in [2.05, 4.69) is 65.8 Å². The number of nitrogens with one attached hydrogen (secondary N) is 2. The molecule has 1 aliphatic heterocycles. The predicted molar refractivity (Wildman–Crippen MR) is 122 cm³/mol. The van der Waals surface area contributed by atoms with E-state index in [1.54, 1.807) is 0 Å². The number of carbonyl (C=O) groups excluding carboxylic acids is 1. The second-order valence-electron chi connectivity index (χ2n) is 7.89. The molecule has 2 N–H and O–H groups in total. The summed E-state index contributed by atoms with van der Waals surface area (Å²) in [5, 5.41) is 6.54. The molecule has 1 heterocycles. The summed E-state index contributed by atoms with van der Waals surface area (Å²) in [5.74, 6) is 0.0331. The fourth-order valence-corrected chi connectivity index (χ4v) is 3.88. The normalized spacial score (nSPS) is 12.8. The number of rotatable bonds is 11. The molecule has 156 valence electrons. The third-order valence-electron chi connectivity index (χ3n) is 5.67. The van der Waals surface area contributed by atoms with Crippen LogP contribution in [0.2, 0.25) is 0 Å². The lowest BCUT2D eigenvalue weighted by atomic mass is 10.1. The monoisotopic (exact) mass is 393 g/mol. The molecular formula is C25H35N3O. The molecule has 0 fully saturated rings. The highest BCUT2D eigenvalue weighted by molar-refractivity contribution is 5.95. The topological polar surface area (TPSA) is 44.4 Å². The van der Waals surface area contributed by atoms with Gasteiger partial charge in [-0.25, -0.2) is 0 Å². The molecule has 2 aromatic rings. The van der Waals surface area contributed by atoms with E-state index >= 15 is 0 Å². The SMILES string of the molecule is CCCCN1CCc2ccc(C(=O)NCCCNCc3cccc(CC)c3)cc21. The molecule has 0 spiro atoms. The Morgan fingerprint density at radius 3 is 2.72 bits per heavy atom. The lowest BCUT2D eigenvalue weighted by Crippen LogP contribution is -2.27. The predicted octanol–water partition coefficient (Wildman–Crippen LogP) is 4.32. The highest BCUT2D eigenvalue weighted by Gasteiger charge is 2.20. The minimum Gasteiger partial charge on any atom is -0.371 e. The van der Waals surface area contributed by atoms with Crippen LogP contribution in [0.1, 0.15) is 60.2 Å². The minimum atomic E-state index is 0.0331. The van der Waals surface area contributed by atoms with Crippen molar-refractivity contribution in [1.29, 1.82) is 0 Å². The molecule has 0 aliphatic carbocycles. The van der Waals surface area contributed by atoms with E-state index < -0.39 is 0 Å². The van der Waals surface area contributed by atoms with Gasteiger partial charge in [0.2, 0.25) is 0 Å². The summed E-state index contributed by atoms with van der Waals surface area (Å²) in [5.41, 5.74) is 6.09. The quantitative estimate of drug-likeness (QED) is 0.559. The van der Waals surface area contributed by atoms with Crippen molar-refractivity contribution in [1.82, 2.24) is 10.6 Å². The summed E-state index contributed by atoms with van der Waals surface area (Å²) in [6, 6.07) is 14.9. The fourth-order valence-electron chi connectivity index (χ4n) is 3.88.